The molecule has 86 heavy (non-hydrogen) atoms. The van der Waals surface area contributed by atoms with Crippen LogP contribution in [-0.2, 0) is 17.1 Å². The van der Waals surface area contributed by atoms with E-state index in [1.807, 2.05) is 39.5 Å². The minimum Gasteiger partial charge on any atom is -0.393 e. The van der Waals surface area contributed by atoms with Gasteiger partial charge in [0.05, 0.1) is 24.0 Å². The molecule has 2 saturated carbocycles. The van der Waals surface area contributed by atoms with Crippen LogP contribution in [0.2, 0.25) is 0 Å². The van der Waals surface area contributed by atoms with Crippen molar-refractivity contribution in [2.75, 3.05) is 25.7 Å². The lowest BCUT2D eigenvalue weighted by Crippen LogP contribution is -2.33. The van der Waals surface area contributed by atoms with Crippen molar-refractivity contribution in [2.45, 2.75) is 348 Å². The van der Waals surface area contributed by atoms with Crippen LogP contribution < -0.4 is 0 Å². The van der Waals surface area contributed by atoms with Crippen LogP contribution in [0.1, 0.15) is 320 Å². The van der Waals surface area contributed by atoms with Gasteiger partial charge in [0.25, 0.3) is 0 Å². The molecule has 2 aliphatic carbocycles. The number of aryl methyl sites for hydroxylation is 2. The number of unbranched alkanes of at least 4 members (excludes halogenated alkanes) is 2. The summed E-state index contributed by atoms with van der Waals surface area (Å²) in [7, 11) is 1.68. The molecule has 0 amide bonds. The average molecular weight is 1290 g/mol. The number of ether oxygens (including phenoxy) is 1. The molecule has 1 aromatic carbocycles. The Morgan fingerprint density at radius 2 is 0.930 bits per heavy atom. The number of nitrogens with zero attached hydrogens (tertiary/aromatic N) is 1. The molecular formula is C70H147F11N2O2S. The first kappa shape index (κ1) is 115. The van der Waals surface area contributed by atoms with Gasteiger partial charge in [0.15, 0.2) is 0 Å². The van der Waals surface area contributed by atoms with Crippen molar-refractivity contribution >= 4 is 11.8 Å². The molecule has 2 aromatic rings. The fourth-order valence-electron chi connectivity index (χ4n) is 3.65. The first-order valence-electron chi connectivity index (χ1n) is 31.9. The number of halogens is 11. The number of H-pyrrole nitrogens is 1. The topological polar surface area (TPSA) is 58.1 Å². The molecule has 0 spiro atoms. The summed E-state index contributed by atoms with van der Waals surface area (Å²) < 4.78 is 134. The van der Waals surface area contributed by atoms with Gasteiger partial charge in [-0.25, -0.2) is 26.9 Å². The van der Waals surface area contributed by atoms with Crippen LogP contribution in [0.25, 0.3) is 0 Å². The third kappa shape index (κ3) is 149. The van der Waals surface area contributed by atoms with Gasteiger partial charge in [-0.05, 0) is 114 Å². The van der Waals surface area contributed by atoms with E-state index in [4.69, 9.17) is 5.11 Å². The number of hydrogen-bond acceptors (Lipinski definition) is 4. The quantitative estimate of drug-likeness (QED) is 0.259. The van der Waals surface area contributed by atoms with Gasteiger partial charge in [-0.15, -0.1) is 0 Å². The lowest BCUT2D eigenvalue weighted by atomic mass is 9.78. The molecule has 0 saturated heterocycles. The lowest BCUT2D eigenvalue weighted by Gasteiger charge is -2.31. The van der Waals surface area contributed by atoms with Gasteiger partial charge in [-0.1, -0.05) is 249 Å². The number of hydrogen-bond donors (Lipinski definition) is 2. The van der Waals surface area contributed by atoms with Crippen LogP contribution in [0, 0.1) is 42.9 Å². The third-order valence-corrected chi connectivity index (χ3v) is 10.0. The number of alkyl halides is 11. The number of aromatic nitrogens is 2. The number of benzene rings is 1. The summed E-state index contributed by atoms with van der Waals surface area (Å²) in [5.41, 5.74) is -0.262. The zero-order valence-electron chi connectivity index (χ0n) is 61.2. The summed E-state index contributed by atoms with van der Waals surface area (Å²) in [6, 6.07) is 5.22. The van der Waals surface area contributed by atoms with Crippen molar-refractivity contribution in [1.29, 1.82) is 0 Å². The summed E-state index contributed by atoms with van der Waals surface area (Å²) in [6.07, 6.45) is 8.54. The Bertz CT molecular complexity index is 1390. The molecule has 1 heterocycles. The molecular weight excluding hydrogens is 1140 g/mol. The van der Waals surface area contributed by atoms with Gasteiger partial charge in [0, 0.05) is 33.0 Å². The van der Waals surface area contributed by atoms with E-state index in [-0.39, 0.29) is 44.5 Å². The second-order valence-corrected chi connectivity index (χ2v) is 24.4. The number of methoxy groups -OCH3 is 1. The van der Waals surface area contributed by atoms with E-state index in [2.05, 4.69) is 159 Å². The Balaban J connectivity index is -0.0000000611. The maximum Gasteiger partial charge on any atom is 0.432 e. The number of rotatable bonds is 8. The Kier molecular flexibility index (Phi) is 105. The highest BCUT2D eigenvalue weighted by Crippen LogP contribution is 2.41. The van der Waals surface area contributed by atoms with Gasteiger partial charge in [0.2, 0.25) is 11.8 Å². The van der Waals surface area contributed by atoms with Crippen LogP contribution >= 0.6 is 11.8 Å². The summed E-state index contributed by atoms with van der Waals surface area (Å²) in [5.74, 6) is -0.0308. The molecule has 2 aliphatic rings. The maximum absolute atomic E-state index is 12.0. The Hall–Kier alpha value is -2.07. The average Bonchev–Trinajstić information content (AvgIpc) is 3.84. The molecule has 0 aliphatic heterocycles. The van der Waals surface area contributed by atoms with Gasteiger partial charge >= 0.3 is 12.4 Å². The molecule has 4 nitrogen and oxygen atoms in total. The van der Waals surface area contributed by atoms with Crippen molar-refractivity contribution in [2.24, 2.45) is 29.1 Å². The molecule has 2 unspecified atom stereocenters. The fourth-order valence-corrected chi connectivity index (χ4v) is 3.65. The molecule has 0 radical (unpaired) electrons. The summed E-state index contributed by atoms with van der Waals surface area (Å²) in [5, 5.41) is 8.36. The van der Waals surface area contributed by atoms with Crippen molar-refractivity contribution in [3.63, 3.8) is 0 Å². The number of aromatic amines is 1. The first-order chi connectivity index (χ1) is 38.7. The van der Waals surface area contributed by atoms with Crippen LogP contribution in [0.4, 0.5) is 48.3 Å². The van der Waals surface area contributed by atoms with Crippen molar-refractivity contribution < 1.29 is 58.1 Å². The van der Waals surface area contributed by atoms with Gasteiger partial charge in [0.1, 0.15) is 11.5 Å². The zero-order valence-corrected chi connectivity index (χ0v) is 62.1. The Morgan fingerprint density at radius 3 is 1.00 bits per heavy atom. The lowest BCUT2D eigenvalue weighted by molar-refractivity contribution is -0.141. The predicted octanol–water partition coefficient (Wildman–Crippen LogP) is 28.1. The second-order valence-electron chi connectivity index (χ2n) is 23.2. The highest BCUT2D eigenvalue weighted by atomic mass is 32.2. The minimum absolute atomic E-state index is 0. The van der Waals surface area contributed by atoms with Crippen LogP contribution in [0.15, 0.2) is 30.5 Å². The number of nitrogens with one attached hydrogen (secondary N) is 1. The van der Waals surface area contributed by atoms with E-state index in [9.17, 15) is 48.3 Å². The van der Waals surface area contributed by atoms with E-state index in [0.717, 1.165) is 56.0 Å². The van der Waals surface area contributed by atoms with Gasteiger partial charge in [-0.3, -0.25) is 0 Å². The highest BCUT2D eigenvalue weighted by molar-refractivity contribution is 7.98. The monoisotopic (exact) mass is 1290 g/mol. The second kappa shape index (κ2) is 79.0. The SMILES string of the molecule is C.CC(C)(C)C.CC1CC(C)C1.CC1CC(F)(F)C1.CCC.CCC.CCC.CCC(C)(F)F.CCC(C)C.CCC(C)F.CCC(C)O.CCCC.CCCC.CCOC.CCSC.Cc1cccc(C(F)(F)F)c1.Cc1ncc(C(F)(F)F)[nH]1. The number of thioether (sulfide) groups is 1. The van der Waals surface area contributed by atoms with E-state index in [1.54, 1.807) is 33.9 Å². The van der Waals surface area contributed by atoms with Gasteiger partial charge in [-0.2, -0.15) is 38.1 Å². The summed E-state index contributed by atoms with van der Waals surface area (Å²) in [4.78, 5) is 5.49. The number of aliphatic hydroxyl groups is 1. The Morgan fingerprint density at radius 1 is 0.640 bits per heavy atom. The van der Waals surface area contributed by atoms with Crippen molar-refractivity contribution in [3.05, 3.63) is 53.1 Å². The fraction of sp³-hybridized carbons (Fsp3) is 0.871. The highest BCUT2D eigenvalue weighted by Gasteiger charge is 2.42. The van der Waals surface area contributed by atoms with Crippen LogP contribution in [0.5, 0.6) is 0 Å². The molecule has 2 N–H and O–H groups in total. The molecule has 16 heteroatoms. The molecule has 1 aromatic heterocycles. The molecule has 0 bridgehead atoms. The number of aliphatic hydroxyl groups excluding tert-OH is 1. The summed E-state index contributed by atoms with van der Waals surface area (Å²) in [6.45, 7) is 60.8. The predicted molar refractivity (Wildman–Crippen MR) is 367 cm³/mol. The van der Waals surface area contributed by atoms with E-state index >= 15 is 0 Å². The third-order valence-electron chi connectivity index (χ3n) is 9.43. The summed E-state index contributed by atoms with van der Waals surface area (Å²) >= 11 is 1.86. The smallest absolute Gasteiger partial charge is 0.393 e. The maximum atomic E-state index is 12.0. The molecule has 2 atom stereocenters. The molecule has 4 rings (SSSR count). The molecule has 2 fully saturated rings. The molecule has 532 valence electrons. The van der Waals surface area contributed by atoms with Crippen molar-refractivity contribution in [3.8, 4) is 0 Å². The van der Waals surface area contributed by atoms with Crippen molar-refractivity contribution in [1.82, 2.24) is 9.97 Å². The normalized spacial score (nSPS) is 14.3. The minimum atomic E-state index is -4.30. The Labute approximate surface area is 533 Å². The van der Waals surface area contributed by atoms with Gasteiger partial charge < -0.3 is 14.8 Å². The van der Waals surface area contributed by atoms with Crippen LogP contribution in [-0.4, -0.2) is 64.9 Å². The first-order valence-corrected chi connectivity index (χ1v) is 33.3. The zero-order chi connectivity index (χ0) is 70.7. The largest absolute Gasteiger partial charge is 0.432 e. The number of imidazole rings is 1. The van der Waals surface area contributed by atoms with E-state index < -0.39 is 41.6 Å². The van der Waals surface area contributed by atoms with Crippen LogP contribution in [0.3, 0.4) is 0 Å². The van der Waals surface area contributed by atoms with E-state index in [0.29, 0.717) is 17.4 Å². The standard InChI is InChI=1S/C8H7F3.C6H12.C5H5F3N2.C5H8F2.2C5H12.C4H8F2.C4H9F.C4H10O.2C4H10.C3H8O.C3H8S.3C3H8.CH4/c1-6-3-2-4-7(5-6)8(9,10)11;1-5-3-6(2)4-5;1-3-9-2-4(10-3)5(6,7)8;1-4-2-5(6,7)3-4;1-5(2,3)4;1-4-5(2)3;1-3-4(2,5)6;2*1-3-4(2)5;4*1-3-4-2;3*1-3-2;/h2-5H,1H3;5-6H,3-4H2,1-2H3;2H,1H3,(H,9,10);4H,2-3H2,1H3;1-4H3;5H,4H2,1-3H3;3H2,1-2H3;4H,3H2,1-2H3;4-5H,3H2,1-2H3;2*3-4H2,1-2H3;2*3H2,1-2H3;3*3H2,1-2H3;1H4. The van der Waals surface area contributed by atoms with E-state index in [1.165, 1.54) is 89.9 Å².